The van der Waals surface area contributed by atoms with Crippen LogP contribution in [0.15, 0.2) is 34.9 Å². The summed E-state index contributed by atoms with van der Waals surface area (Å²) in [5.41, 5.74) is 5.31. The second-order valence-electron chi connectivity index (χ2n) is 6.33. The average molecular weight is 226 g/mol. The Morgan fingerprint density at radius 1 is 0.882 bits per heavy atom. The molecule has 1 fully saturated rings. The molecule has 0 N–H and O–H groups in total. The van der Waals surface area contributed by atoms with Crippen LogP contribution < -0.4 is 0 Å². The molecule has 0 aromatic heterocycles. The van der Waals surface area contributed by atoms with Crippen LogP contribution in [0.1, 0.15) is 51.4 Å². The smallest absolute Gasteiger partial charge is 0.00932 e. The Morgan fingerprint density at radius 2 is 1.88 bits per heavy atom. The molecule has 0 bridgehead atoms. The van der Waals surface area contributed by atoms with Gasteiger partial charge in [0.15, 0.2) is 0 Å². The highest BCUT2D eigenvalue weighted by atomic mass is 14.4. The van der Waals surface area contributed by atoms with Gasteiger partial charge < -0.3 is 0 Å². The number of fused-ring (bicyclic) bond motifs is 4. The highest BCUT2D eigenvalue weighted by Gasteiger charge is 2.37. The maximum Gasteiger partial charge on any atom is -0.00932 e. The molecule has 4 aliphatic rings. The van der Waals surface area contributed by atoms with Gasteiger partial charge in [-0.25, -0.2) is 0 Å². The summed E-state index contributed by atoms with van der Waals surface area (Å²) in [6.45, 7) is 0. The first-order chi connectivity index (χ1) is 8.43. The van der Waals surface area contributed by atoms with E-state index in [9.17, 15) is 0 Å². The lowest BCUT2D eigenvalue weighted by Gasteiger charge is -2.40. The van der Waals surface area contributed by atoms with Crippen molar-refractivity contribution in [3.05, 3.63) is 34.9 Å². The first-order valence-corrected chi connectivity index (χ1v) is 7.54. The third kappa shape index (κ3) is 1.49. The van der Waals surface area contributed by atoms with E-state index in [1.807, 2.05) is 5.57 Å². The second-order valence-corrected chi connectivity index (χ2v) is 6.33. The molecule has 0 amide bonds. The zero-order chi connectivity index (χ0) is 11.2. The maximum atomic E-state index is 2.49. The van der Waals surface area contributed by atoms with E-state index in [-0.39, 0.29) is 0 Å². The summed E-state index contributed by atoms with van der Waals surface area (Å²) in [4.78, 5) is 0. The van der Waals surface area contributed by atoms with Crippen LogP contribution in [0.4, 0.5) is 0 Å². The van der Waals surface area contributed by atoms with Gasteiger partial charge in [-0.1, -0.05) is 30.2 Å². The van der Waals surface area contributed by atoms with Crippen molar-refractivity contribution in [2.45, 2.75) is 51.4 Å². The molecule has 3 unspecified atom stereocenters. The minimum Gasteiger partial charge on any atom is -0.0810 e. The molecule has 0 saturated heterocycles. The molecule has 1 saturated carbocycles. The zero-order valence-electron chi connectivity index (χ0n) is 10.6. The summed E-state index contributed by atoms with van der Waals surface area (Å²) in [6.07, 6.45) is 18.9. The molecule has 3 atom stereocenters. The molecule has 0 heteroatoms. The minimum atomic E-state index is 0.894. The van der Waals surface area contributed by atoms with E-state index in [2.05, 4.69) is 18.2 Å². The molecule has 4 aliphatic carbocycles. The zero-order valence-corrected chi connectivity index (χ0v) is 10.6. The van der Waals surface area contributed by atoms with E-state index in [1.165, 1.54) is 51.4 Å². The summed E-state index contributed by atoms with van der Waals surface area (Å²) in [7, 11) is 0. The second kappa shape index (κ2) is 3.86. The molecule has 90 valence electrons. The first kappa shape index (κ1) is 10.2. The van der Waals surface area contributed by atoms with Crippen LogP contribution in [-0.2, 0) is 0 Å². The van der Waals surface area contributed by atoms with E-state index < -0.39 is 0 Å². The number of allylic oxidation sites excluding steroid dienone is 6. The fourth-order valence-electron chi connectivity index (χ4n) is 4.76. The Labute approximate surface area is 104 Å². The normalized spacial score (nSPS) is 39.5. The van der Waals surface area contributed by atoms with Crippen LogP contribution in [0.3, 0.4) is 0 Å². The highest BCUT2D eigenvalue weighted by Crippen LogP contribution is 2.50. The topological polar surface area (TPSA) is 0 Å². The van der Waals surface area contributed by atoms with Crippen molar-refractivity contribution in [1.82, 2.24) is 0 Å². The van der Waals surface area contributed by atoms with Gasteiger partial charge in [0.25, 0.3) is 0 Å². The van der Waals surface area contributed by atoms with E-state index in [4.69, 9.17) is 0 Å². The van der Waals surface area contributed by atoms with Crippen molar-refractivity contribution in [2.24, 2.45) is 17.8 Å². The van der Waals surface area contributed by atoms with Gasteiger partial charge in [-0.05, 0) is 73.8 Å². The molecular weight excluding hydrogens is 204 g/mol. The summed E-state index contributed by atoms with van der Waals surface area (Å²) in [6, 6.07) is 0. The molecule has 0 nitrogen and oxygen atoms in total. The van der Waals surface area contributed by atoms with Crippen LogP contribution in [-0.4, -0.2) is 0 Å². The summed E-state index contributed by atoms with van der Waals surface area (Å²) in [5.74, 6) is 2.76. The van der Waals surface area contributed by atoms with E-state index in [1.54, 1.807) is 11.1 Å². The van der Waals surface area contributed by atoms with Gasteiger partial charge in [-0.2, -0.15) is 0 Å². The summed E-state index contributed by atoms with van der Waals surface area (Å²) < 4.78 is 0. The van der Waals surface area contributed by atoms with Crippen LogP contribution in [0.5, 0.6) is 0 Å². The molecule has 0 heterocycles. The Morgan fingerprint density at radius 3 is 2.88 bits per heavy atom. The number of rotatable bonds is 0. The quantitative estimate of drug-likeness (QED) is 0.557. The van der Waals surface area contributed by atoms with E-state index >= 15 is 0 Å². The number of hydrogen-bond donors (Lipinski definition) is 0. The van der Waals surface area contributed by atoms with Crippen LogP contribution in [0.25, 0.3) is 0 Å². The minimum absolute atomic E-state index is 0.894. The molecule has 17 heavy (non-hydrogen) atoms. The average Bonchev–Trinajstić information content (AvgIpc) is 2.86. The van der Waals surface area contributed by atoms with Crippen molar-refractivity contribution in [3.8, 4) is 0 Å². The number of hydrogen-bond acceptors (Lipinski definition) is 0. The molecule has 0 radical (unpaired) electrons. The molecule has 0 aliphatic heterocycles. The summed E-state index contributed by atoms with van der Waals surface area (Å²) in [5, 5.41) is 0. The van der Waals surface area contributed by atoms with Crippen molar-refractivity contribution >= 4 is 0 Å². The van der Waals surface area contributed by atoms with E-state index in [0.717, 1.165) is 17.8 Å². The standard InChI is InChI=1S/C17H22/c1-2-6-14-12(4-1)8-10-17-15-7-3-5-13(15)9-11-16(14)17/h5,9,11-12,15,17H,1-4,6-8,10H2. The highest BCUT2D eigenvalue weighted by molar-refractivity contribution is 5.44. The predicted molar refractivity (Wildman–Crippen MR) is 71.7 cm³/mol. The molecule has 0 aromatic rings. The lowest BCUT2D eigenvalue weighted by atomic mass is 9.64. The van der Waals surface area contributed by atoms with E-state index in [0.29, 0.717) is 0 Å². The van der Waals surface area contributed by atoms with Gasteiger partial charge >= 0.3 is 0 Å². The van der Waals surface area contributed by atoms with Gasteiger partial charge in [0, 0.05) is 0 Å². The van der Waals surface area contributed by atoms with Crippen LogP contribution in [0.2, 0.25) is 0 Å². The van der Waals surface area contributed by atoms with Crippen molar-refractivity contribution in [2.75, 3.05) is 0 Å². The van der Waals surface area contributed by atoms with Gasteiger partial charge in [0.05, 0.1) is 0 Å². The van der Waals surface area contributed by atoms with Gasteiger partial charge in [0.2, 0.25) is 0 Å². The SMILES string of the molecule is C1=CC2=C3CCCCC3CCC2C2CCC=C12. The fraction of sp³-hybridized carbons (Fsp3) is 0.647. The fourth-order valence-corrected chi connectivity index (χ4v) is 4.76. The Kier molecular flexibility index (Phi) is 2.31. The van der Waals surface area contributed by atoms with Gasteiger partial charge in [-0.15, -0.1) is 0 Å². The van der Waals surface area contributed by atoms with Crippen molar-refractivity contribution in [3.63, 3.8) is 0 Å². The third-order valence-electron chi connectivity index (χ3n) is 5.56. The van der Waals surface area contributed by atoms with Crippen molar-refractivity contribution in [1.29, 1.82) is 0 Å². The van der Waals surface area contributed by atoms with Crippen molar-refractivity contribution < 1.29 is 0 Å². The van der Waals surface area contributed by atoms with Crippen LogP contribution >= 0.6 is 0 Å². The monoisotopic (exact) mass is 226 g/mol. The largest absolute Gasteiger partial charge is 0.0810 e. The lowest BCUT2D eigenvalue weighted by Crippen LogP contribution is -2.28. The molecular formula is C17H22. The molecule has 4 rings (SSSR count). The third-order valence-corrected chi connectivity index (χ3v) is 5.56. The Bertz CT molecular complexity index is 421. The summed E-state index contributed by atoms with van der Waals surface area (Å²) >= 11 is 0. The van der Waals surface area contributed by atoms with Crippen LogP contribution in [0, 0.1) is 17.8 Å². The predicted octanol–water partition coefficient (Wildman–Crippen LogP) is 4.79. The molecule has 0 aromatic carbocycles. The Balaban J connectivity index is 1.77. The Hall–Kier alpha value is -0.780. The van der Waals surface area contributed by atoms with Gasteiger partial charge in [-0.3, -0.25) is 0 Å². The molecule has 0 spiro atoms. The first-order valence-electron chi connectivity index (χ1n) is 7.54. The lowest BCUT2D eigenvalue weighted by molar-refractivity contribution is 0.306. The van der Waals surface area contributed by atoms with Gasteiger partial charge in [0.1, 0.15) is 0 Å². The maximum absolute atomic E-state index is 2.49.